The van der Waals surface area contributed by atoms with Crippen molar-refractivity contribution in [3.05, 3.63) is 22.6 Å². The summed E-state index contributed by atoms with van der Waals surface area (Å²) in [7, 11) is 0. The van der Waals surface area contributed by atoms with Crippen LogP contribution in [0.5, 0.6) is 0 Å². The predicted octanol–water partition coefficient (Wildman–Crippen LogP) is 0.0936. The molecule has 0 bridgehead atoms. The summed E-state index contributed by atoms with van der Waals surface area (Å²) in [5, 5.41) is 0. The van der Waals surface area contributed by atoms with Gasteiger partial charge in [-0.3, -0.25) is 4.79 Å². The van der Waals surface area contributed by atoms with Gasteiger partial charge >= 0.3 is 11.8 Å². The van der Waals surface area contributed by atoms with E-state index in [1.165, 1.54) is 6.92 Å². The summed E-state index contributed by atoms with van der Waals surface area (Å²) in [6.45, 7) is 1.12. The Bertz CT molecular complexity index is 299. The summed E-state index contributed by atoms with van der Waals surface area (Å²) in [6.07, 6.45) is 2.13. The van der Waals surface area contributed by atoms with E-state index in [0.29, 0.717) is 0 Å². The average Bonchev–Trinajstić information content (AvgIpc) is 2.31. The Morgan fingerprint density at radius 3 is 2.75 bits per heavy atom. The first-order chi connectivity index (χ1) is 5.18. The Morgan fingerprint density at radius 2 is 2.33 bits per heavy atom. The number of hydrogen-bond acceptors (Lipinski definition) is 5. The van der Waals surface area contributed by atoms with Crippen molar-refractivity contribution in [2.45, 2.75) is 13.5 Å². The monoisotopic (exact) mass is 260 g/mol. The van der Waals surface area contributed by atoms with E-state index in [1.807, 2.05) is 0 Å². The van der Waals surface area contributed by atoms with Crippen molar-refractivity contribution in [3.63, 3.8) is 0 Å². The van der Waals surface area contributed by atoms with Crippen molar-refractivity contribution in [2.75, 3.05) is 0 Å². The topological polar surface area (TPSA) is 69.7 Å². The van der Waals surface area contributed by atoms with Gasteiger partial charge in [0.05, 0.1) is 5.76 Å². The van der Waals surface area contributed by atoms with Gasteiger partial charge in [-0.05, 0) is 6.26 Å². The van der Waals surface area contributed by atoms with Gasteiger partial charge in [-0.2, -0.15) is 0 Å². The molecule has 0 aromatic carbocycles. The zero-order chi connectivity index (χ0) is 8.27. The molecule has 12 heavy (non-hydrogen) atoms. The fourth-order valence-corrected chi connectivity index (χ4v) is 0.467. The van der Waals surface area contributed by atoms with E-state index in [9.17, 15) is 9.59 Å². The molecule has 1 rings (SSSR count). The Labute approximate surface area is 80.4 Å². The normalized spacial score (nSPS) is 8.75. The van der Waals surface area contributed by atoms with Gasteiger partial charge < -0.3 is 18.4 Å². The third kappa shape index (κ3) is 3.48. The van der Waals surface area contributed by atoms with Crippen molar-refractivity contribution >= 4 is 5.97 Å². The zero-order valence-corrected chi connectivity index (χ0v) is 7.72. The number of rotatable bonds is 2. The minimum Gasteiger partial charge on any atom is -0.584 e. The molecule has 1 heterocycles. The molecule has 0 unspecified atom stereocenters. The zero-order valence-electron chi connectivity index (χ0n) is 6.08. The molecular formula is C6H5O5Rh-. The summed E-state index contributed by atoms with van der Waals surface area (Å²) in [5.41, 5.74) is 0. The summed E-state index contributed by atoms with van der Waals surface area (Å²) >= 11 is 0. The Morgan fingerprint density at radius 1 is 1.67 bits per heavy atom. The first kappa shape index (κ1) is 11.1. The first-order valence-corrected chi connectivity index (χ1v) is 2.82. The van der Waals surface area contributed by atoms with Gasteiger partial charge in [0.15, 0.2) is 0 Å². The van der Waals surface area contributed by atoms with E-state index in [-0.39, 0.29) is 31.8 Å². The van der Waals surface area contributed by atoms with Gasteiger partial charge in [0.2, 0.25) is 0 Å². The smallest absolute Gasteiger partial charge is 0.345 e. The minimum atomic E-state index is -0.854. The van der Waals surface area contributed by atoms with Crippen molar-refractivity contribution in [2.24, 2.45) is 0 Å². The van der Waals surface area contributed by atoms with Gasteiger partial charge in [0.25, 0.3) is 0 Å². The number of carbonyl (C=O) groups excluding carboxylic acids is 1. The van der Waals surface area contributed by atoms with Crippen LogP contribution in [0, 0.1) is 6.26 Å². The molecule has 0 aliphatic carbocycles. The number of carbonyl (C=O) groups is 1. The molecule has 0 amide bonds. The SMILES string of the molecule is CC(=O)OCc1[c-]oc(=O)o1.[Rh]. The fourth-order valence-electron chi connectivity index (χ4n) is 0.467. The molecule has 0 spiro atoms. The third-order valence-electron chi connectivity index (χ3n) is 0.861. The number of hydrogen-bond donors (Lipinski definition) is 0. The first-order valence-electron chi connectivity index (χ1n) is 2.82. The van der Waals surface area contributed by atoms with E-state index >= 15 is 0 Å². The van der Waals surface area contributed by atoms with Gasteiger partial charge in [0, 0.05) is 26.4 Å². The molecule has 0 N–H and O–H groups in total. The molecule has 6 heteroatoms. The number of ether oxygens (including phenoxy) is 1. The third-order valence-corrected chi connectivity index (χ3v) is 0.861. The van der Waals surface area contributed by atoms with E-state index < -0.39 is 11.8 Å². The van der Waals surface area contributed by atoms with Crippen LogP contribution in [0.4, 0.5) is 0 Å². The van der Waals surface area contributed by atoms with Crippen LogP contribution < -0.4 is 5.82 Å². The average molecular weight is 260 g/mol. The largest absolute Gasteiger partial charge is 0.584 e. The second kappa shape index (κ2) is 4.88. The second-order valence-corrected chi connectivity index (χ2v) is 1.76. The Kier molecular flexibility index (Phi) is 4.51. The molecular weight excluding hydrogens is 255 g/mol. The van der Waals surface area contributed by atoms with Crippen molar-refractivity contribution in [3.8, 4) is 0 Å². The minimum absolute atomic E-state index is 0. The van der Waals surface area contributed by atoms with Crippen LogP contribution in [0.25, 0.3) is 0 Å². The Hall–Kier alpha value is -0.897. The molecule has 5 nitrogen and oxygen atoms in total. The molecule has 0 aliphatic heterocycles. The van der Waals surface area contributed by atoms with E-state index in [0.717, 1.165) is 0 Å². The molecule has 69 valence electrons. The summed E-state index contributed by atoms with van der Waals surface area (Å²) < 4.78 is 13.0. The quantitative estimate of drug-likeness (QED) is 0.428. The maximum Gasteiger partial charge on any atom is 0.345 e. The van der Waals surface area contributed by atoms with Crippen LogP contribution in [0.1, 0.15) is 12.7 Å². The fraction of sp³-hybridized carbons (Fsp3) is 0.333. The molecule has 0 aliphatic rings. The van der Waals surface area contributed by atoms with Gasteiger partial charge in [0.1, 0.15) is 6.61 Å². The van der Waals surface area contributed by atoms with Gasteiger partial charge in [-0.25, -0.2) is 0 Å². The van der Waals surface area contributed by atoms with Crippen LogP contribution in [-0.4, -0.2) is 5.97 Å². The van der Waals surface area contributed by atoms with Gasteiger partial charge in [-0.1, -0.05) is 0 Å². The Balaban J connectivity index is 0.00000121. The summed E-state index contributed by atoms with van der Waals surface area (Å²) in [5.74, 6) is -1.24. The van der Waals surface area contributed by atoms with Gasteiger partial charge in [-0.15, -0.1) is 0 Å². The van der Waals surface area contributed by atoms with E-state index in [2.05, 4.69) is 19.8 Å². The molecule has 0 saturated heterocycles. The second-order valence-electron chi connectivity index (χ2n) is 1.76. The summed E-state index contributed by atoms with van der Waals surface area (Å²) in [4.78, 5) is 20.5. The van der Waals surface area contributed by atoms with E-state index in [4.69, 9.17) is 0 Å². The van der Waals surface area contributed by atoms with Crippen molar-refractivity contribution < 1.29 is 37.8 Å². The summed E-state index contributed by atoms with van der Waals surface area (Å²) in [6, 6.07) is 0. The molecule has 0 fully saturated rings. The van der Waals surface area contributed by atoms with Crippen LogP contribution in [0.2, 0.25) is 0 Å². The van der Waals surface area contributed by atoms with Crippen LogP contribution >= 0.6 is 0 Å². The van der Waals surface area contributed by atoms with E-state index in [1.54, 1.807) is 0 Å². The van der Waals surface area contributed by atoms with Crippen LogP contribution in [0.3, 0.4) is 0 Å². The van der Waals surface area contributed by atoms with Crippen molar-refractivity contribution in [1.29, 1.82) is 0 Å². The molecule has 0 atom stereocenters. The van der Waals surface area contributed by atoms with Crippen LogP contribution in [-0.2, 0) is 35.6 Å². The maximum absolute atomic E-state index is 10.2. The predicted molar refractivity (Wildman–Crippen MR) is 31.5 cm³/mol. The molecule has 1 aromatic heterocycles. The van der Waals surface area contributed by atoms with Crippen LogP contribution in [0.15, 0.2) is 13.6 Å². The maximum atomic E-state index is 10.2. The standard InChI is InChI=1S/C6H5O5.Rh/c1-4(7)9-2-5-3-10-6(8)11-5;/h2H2,1H3;/q-1;. The molecule has 1 radical (unpaired) electrons. The number of esters is 1. The molecule has 1 aromatic rings. The molecule has 0 saturated carbocycles. The van der Waals surface area contributed by atoms with Crippen molar-refractivity contribution in [1.82, 2.24) is 0 Å².